The Kier molecular flexibility index (Phi) is 6.12. The van der Waals surface area contributed by atoms with Gasteiger partial charge in [0.1, 0.15) is 0 Å². The van der Waals surface area contributed by atoms with Crippen LogP contribution < -0.4 is 16.6 Å². The molecule has 0 fully saturated rings. The van der Waals surface area contributed by atoms with E-state index in [9.17, 15) is 40.7 Å². The number of imidazole rings is 1. The van der Waals surface area contributed by atoms with Crippen molar-refractivity contribution in [2.45, 2.75) is 17.5 Å². The Morgan fingerprint density at radius 1 is 0.939 bits per heavy atom. The van der Waals surface area contributed by atoms with Crippen LogP contribution in [0.2, 0.25) is 0 Å². The molecule has 178 valence electrons. The van der Waals surface area contributed by atoms with Crippen LogP contribution in [-0.4, -0.2) is 30.3 Å². The standard InChI is InChI=1S/C18H15F6N5O3S/c1-27-13-12(14(31)29(3)16(32)28(13)2)26-15(27)33-7-11(30)25-10-5-8(17(19,20)21)4-9(6-10)18(22,23)24/h4-6H,7H2,1-3H3,(H,25,30). The first-order valence-electron chi connectivity index (χ1n) is 8.96. The highest BCUT2D eigenvalue weighted by Gasteiger charge is 2.37. The molecular weight excluding hydrogens is 480 g/mol. The van der Waals surface area contributed by atoms with Crippen LogP contribution in [0.1, 0.15) is 11.1 Å². The Balaban J connectivity index is 1.86. The first-order chi connectivity index (χ1) is 15.1. The summed E-state index contributed by atoms with van der Waals surface area (Å²) in [6, 6.07) is 0.743. The summed E-state index contributed by atoms with van der Waals surface area (Å²) in [5, 5.41) is 2.15. The number of hydrogen-bond donors (Lipinski definition) is 1. The van der Waals surface area contributed by atoms with Crippen molar-refractivity contribution in [2.24, 2.45) is 21.1 Å². The molecule has 0 aliphatic rings. The summed E-state index contributed by atoms with van der Waals surface area (Å²) in [5.41, 5.74) is -4.93. The molecule has 1 N–H and O–H groups in total. The summed E-state index contributed by atoms with van der Waals surface area (Å²) in [7, 11) is 4.17. The largest absolute Gasteiger partial charge is 0.416 e. The smallest absolute Gasteiger partial charge is 0.325 e. The van der Waals surface area contributed by atoms with E-state index in [1.165, 1.54) is 30.3 Å². The lowest BCUT2D eigenvalue weighted by Gasteiger charge is -2.14. The van der Waals surface area contributed by atoms with Gasteiger partial charge in [-0.25, -0.2) is 9.78 Å². The second-order valence-electron chi connectivity index (χ2n) is 6.96. The van der Waals surface area contributed by atoms with Crippen molar-refractivity contribution in [3.63, 3.8) is 0 Å². The van der Waals surface area contributed by atoms with E-state index in [4.69, 9.17) is 0 Å². The number of fused-ring (bicyclic) bond motifs is 1. The number of amides is 1. The highest BCUT2D eigenvalue weighted by molar-refractivity contribution is 7.99. The van der Waals surface area contributed by atoms with Crippen molar-refractivity contribution >= 4 is 34.5 Å². The number of thioether (sulfide) groups is 1. The molecule has 3 rings (SSSR count). The number of aryl methyl sites for hydroxylation is 2. The molecule has 2 aromatic heterocycles. The van der Waals surface area contributed by atoms with Crippen molar-refractivity contribution in [3.05, 3.63) is 50.2 Å². The van der Waals surface area contributed by atoms with Crippen LogP contribution in [0.4, 0.5) is 32.0 Å². The summed E-state index contributed by atoms with van der Waals surface area (Å²) in [4.78, 5) is 40.7. The fraction of sp³-hybridized carbons (Fsp3) is 0.333. The number of hydrogen-bond acceptors (Lipinski definition) is 5. The number of aromatic nitrogens is 4. The minimum Gasteiger partial charge on any atom is -0.325 e. The van der Waals surface area contributed by atoms with Crippen molar-refractivity contribution in [1.82, 2.24) is 18.7 Å². The van der Waals surface area contributed by atoms with Gasteiger partial charge in [0.25, 0.3) is 5.56 Å². The van der Waals surface area contributed by atoms with Crippen molar-refractivity contribution in [2.75, 3.05) is 11.1 Å². The van der Waals surface area contributed by atoms with Crippen LogP contribution in [-0.2, 0) is 38.3 Å². The van der Waals surface area contributed by atoms with Gasteiger partial charge in [0.2, 0.25) is 5.91 Å². The lowest BCUT2D eigenvalue weighted by molar-refractivity contribution is -0.143. The number of halogens is 6. The molecule has 0 spiro atoms. The summed E-state index contributed by atoms with van der Waals surface area (Å²) >= 11 is 0.781. The predicted octanol–water partition coefficient (Wildman–Crippen LogP) is 2.74. The van der Waals surface area contributed by atoms with Crippen molar-refractivity contribution < 1.29 is 31.1 Å². The molecule has 0 aliphatic heterocycles. The molecule has 3 aromatic rings. The number of nitrogens with one attached hydrogen (secondary N) is 1. The first-order valence-corrected chi connectivity index (χ1v) is 9.94. The molecule has 0 saturated heterocycles. The number of alkyl halides is 6. The van der Waals surface area contributed by atoms with Crippen LogP contribution in [0, 0.1) is 0 Å². The molecule has 2 heterocycles. The second-order valence-corrected chi connectivity index (χ2v) is 7.91. The maximum atomic E-state index is 13.0. The topological polar surface area (TPSA) is 90.9 Å². The van der Waals surface area contributed by atoms with Gasteiger partial charge in [0.05, 0.1) is 16.9 Å². The third kappa shape index (κ3) is 4.77. The SMILES string of the molecule is Cn1c(=O)c2nc(SCC(=O)Nc3cc(C(F)(F)F)cc(C(F)(F)F)c3)n(C)c2n(C)c1=O. The van der Waals surface area contributed by atoms with E-state index in [-0.39, 0.29) is 22.4 Å². The van der Waals surface area contributed by atoms with Crippen molar-refractivity contribution in [1.29, 1.82) is 0 Å². The molecule has 8 nitrogen and oxygen atoms in total. The first kappa shape index (κ1) is 24.4. The predicted molar refractivity (Wildman–Crippen MR) is 107 cm³/mol. The molecule has 0 unspecified atom stereocenters. The lowest BCUT2D eigenvalue weighted by Crippen LogP contribution is -2.37. The zero-order valence-corrected chi connectivity index (χ0v) is 17.9. The lowest BCUT2D eigenvalue weighted by atomic mass is 10.1. The van der Waals surface area contributed by atoms with E-state index in [1.807, 2.05) is 5.32 Å². The third-order valence-electron chi connectivity index (χ3n) is 4.63. The Bertz CT molecular complexity index is 1340. The quantitative estimate of drug-likeness (QED) is 0.444. The maximum absolute atomic E-state index is 13.0. The molecule has 33 heavy (non-hydrogen) atoms. The van der Waals surface area contributed by atoms with E-state index >= 15 is 0 Å². The molecule has 15 heteroatoms. The van der Waals surface area contributed by atoms with Crippen LogP contribution in [0.25, 0.3) is 11.2 Å². The normalized spacial score (nSPS) is 12.4. The van der Waals surface area contributed by atoms with Crippen LogP contribution in [0.3, 0.4) is 0 Å². The molecule has 0 bridgehead atoms. The van der Waals surface area contributed by atoms with E-state index in [0.29, 0.717) is 12.1 Å². The van der Waals surface area contributed by atoms with Gasteiger partial charge in [-0.1, -0.05) is 11.8 Å². The fourth-order valence-electron chi connectivity index (χ4n) is 3.04. The number of carbonyl (C=O) groups excluding carboxylic acids is 1. The van der Waals surface area contributed by atoms with Gasteiger partial charge in [-0.15, -0.1) is 0 Å². The minimum atomic E-state index is -5.05. The summed E-state index contributed by atoms with van der Waals surface area (Å²) in [6.07, 6.45) is -10.1. The molecule has 1 amide bonds. The van der Waals surface area contributed by atoms with Crippen LogP contribution >= 0.6 is 11.8 Å². The maximum Gasteiger partial charge on any atom is 0.416 e. The molecule has 0 radical (unpaired) electrons. The highest BCUT2D eigenvalue weighted by atomic mass is 32.2. The van der Waals surface area contributed by atoms with E-state index in [1.54, 1.807) is 0 Å². The van der Waals surface area contributed by atoms with Crippen LogP contribution in [0.15, 0.2) is 32.9 Å². The van der Waals surface area contributed by atoms with E-state index < -0.39 is 52.1 Å². The zero-order valence-electron chi connectivity index (χ0n) is 17.1. The number of carbonyl (C=O) groups is 1. The second kappa shape index (κ2) is 8.28. The Labute approximate surface area is 184 Å². The summed E-state index contributed by atoms with van der Waals surface area (Å²) < 4.78 is 81.2. The highest BCUT2D eigenvalue weighted by Crippen LogP contribution is 2.37. The Morgan fingerprint density at radius 2 is 1.48 bits per heavy atom. The van der Waals surface area contributed by atoms with Crippen LogP contribution in [0.5, 0.6) is 0 Å². The van der Waals surface area contributed by atoms with Gasteiger partial charge >= 0.3 is 18.0 Å². The van der Waals surface area contributed by atoms with Crippen molar-refractivity contribution in [3.8, 4) is 0 Å². The molecule has 1 aromatic carbocycles. The average molecular weight is 495 g/mol. The number of rotatable bonds is 4. The van der Waals surface area contributed by atoms with E-state index in [0.717, 1.165) is 16.3 Å². The zero-order chi connectivity index (χ0) is 24.9. The van der Waals surface area contributed by atoms with Gasteiger partial charge in [-0.2, -0.15) is 26.3 Å². The van der Waals surface area contributed by atoms with Gasteiger partial charge < -0.3 is 9.88 Å². The number of anilines is 1. The number of nitrogens with zero attached hydrogens (tertiary/aromatic N) is 4. The summed E-state index contributed by atoms with van der Waals surface area (Å²) in [5.74, 6) is -1.34. The monoisotopic (exact) mass is 495 g/mol. The molecule has 0 atom stereocenters. The fourth-order valence-corrected chi connectivity index (χ4v) is 3.81. The summed E-state index contributed by atoms with van der Waals surface area (Å²) in [6.45, 7) is 0. The minimum absolute atomic E-state index is 0.0438. The average Bonchev–Trinajstić information content (AvgIpc) is 3.04. The molecule has 0 aliphatic carbocycles. The van der Waals surface area contributed by atoms with Gasteiger partial charge in [0.15, 0.2) is 16.3 Å². The third-order valence-corrected chi connectivity index (χ3v) is 5.66. The Hall–Kier alpha value is -3.23. The Morgan fingerprint density at radius 3 is 2.00 bits per heavy atom. The molecule has 0 saturated carbocycles. The molecular formula is C18H15F6N5O3S. The number of benzene rings is 1. The van der Waals surface area contributed by atoms with Gasteiger partial charge in [0, 0.05) is 26.8 Å². The van der Waals surface area contributed by atoms with Gasteiger partial charge in [-0.05, 0) is 18.2 Å². The van der Waals surface area contributed by atoms with Gasteiger partial charge in [-0.3, -0.25) is 18.7 Å². The van der Waals surface area contributed by atoms with E-state index in [2.05, 4.69) is 4.98 Å².